The quantitative estimate of drug-likeness (QED) is 0.457. The molecular formula is C9H14N2O3. The lowest BCUT2D eigenvalue weighted by Crippen LogP contribution is -2.32. The summed E-state index contributed by atoms with van der Waals surface area (Å²) in [5, 5.41) is 5.02. The molecule has 0 heterocycles. The van der Waals surface area contributed by atoms with Crippen molar-refractivity contribution in [1.82, 2.24) is 10.6 Å². The van der Waals surface area contributed by atoms with Gasteiger partial charge in [0, 0.05) is 26.1 Å². The molecule has 0 fully saturated rings. The highest BCUT2D eigenvalue weighted by Crippen LogP contribution is 1.75. The Hall–Kier alpha value is -1.65. The molecule has 0 aromatic rings. The Morgan fingerprint density at radius 2 is 1.57 bits per heavy atom. The molecule has 0 rings (SSSR count). The van der Waals surface area contributed by atoms with Crippen LogP contribution < -0.4 is 10.6 Å². The number of carbonyl (C=O) groups is 3. The van der Waals surface area contributed by atoms with E-state index in [1.165, 1.54) is 19.9 Å². The minimum atomic E-state index is -0.342. The average Bonchev–Trinajstić information content (AvgIpc) is 2.08. The number of ketones is 1. The molecule has 0 aliphatic rings. The fourth-order valence-electron chi connectivity index (χ4n) is 0.676. The van der Waals surface area contributed by atoms with Gasteiger partial charge in [-0.05, 0) is 13.0 Å². The predicted octanol–water partition coefficient (Wildman–Crippen LogP) is -0.616. The van der Waals surface area contributed by atoms with Crippen molar-refractivity contribution in [2.45, 2.75) is 13.8 Å². The molecule has 0 aromatic carbocycles. The number of carbonyl (C=O) groups excluding carboxylic acids is 3. The summed E-state index contributed by atoms with van der Waals surface area (Å²) in [6, 6.07) is 0. The van der Waals surface area contributed by atoms with Gasteiger partial charge in [-0.1, -0.05) is 0 Å². The average molecular weight is 198 g/mol. The topological polar surface area (TPSA) is 75.3 Å². The van der Waals surface area contributed by atoms with Crippen molar-refractivity contribution < 1.29 is 14.4 Å². The van der Waals surface area contributed by atoms with Crippen LogP contribution in [0, 0.1) is 0 Å². The first-order chi connectivity index (χ1) is 6.52. The molecule has 5 heteroatoms. The third kappa shape index (κ3) is 8.45. The maximum absolute atomic E-state index is 10.9. The lowest BCUT2D eigenvalue weighted by atomic mass is 10.4. The molecule has 78 valence electrons. The first-order valence-corrected chi connectivity index (χ1v) is 4.23. The predicted molar refractivity (Wildman–Crippen MR) is 51.5 cm³/mol. The highest BCUT2D eigenvalue weighted by Gasteiger charge is 1.95. The van der Waals surface area contributed by atoms with E-state index >= 15 is 0 Å². The summed E-state index contributed by atoms with van der Waals surface area (Å²) in [6.07, 6.45) is 2.35. The Bertz CT molecular complexity index is 259. The fraction of sp³-hybridized carbons (Fsp3) is 0.444. The van der Waals surface area contributed by atoms with E-state index in [2.05, 4.69) is 10.6 Å². The van der Waals surface area contributed by atoms with E-state index in [0.29, 0.717) is 13.1 Å². The normalized spacial score (nSPS) is 9.86. The van der Waals surface area contributed by atoms with Gasteiger partial charge in [0.15, 0.2) is 5.78 Å². The Balaban J connectivity index is 3.55. The molecule has 14 heavy (non-hydrogen) atoms. The Labute approximate surface area is 82.6 Å². The molecule has 0 aromatic heterocycles. The summed E-state index contributed by atoms with van der Waals surface area (Å²) in [6.45, 7) is 3.49. The maximum atomic E-state index is 10.9. The largest absolute Gasteiger partial charge is 0.355 e. The molecule has 5 nitrogen and oxygen atoms in total. The van der Waals surface area contributed by atoms with Gasteiger partial charge in [0.05, 0.1) is 0 Å². The number of hydrogen-bond acceptors (Lipinski definition) is 3. The van der Waals surface area contributed by atoms with E-state index in [1.54, 1.807) is 0 Å². The fourth-order valence-corrected chi connectivity index (χ4v) is 0.676. The van der Waals surface area contributed by atoms with Gasteiger partial charge >= 0.3 is 0 Å². The molecule has 2 amide bonds. The van der Waals surface area contributed by atoms with Gasteiger partial charge in [-0.2, -0.15) is 0 Å². The highest BCUT2D eigenvalue weighted by molar-refractivity contribution is 5.96. The van der Waals surface area contributed by atoms with Crippen LogP contribution in [0.25, 0.3) is 0 Å². The van der Waals surface area contributed by atoms with Crippen molar-refractivity contribution in [3.63, 3.8) is 0 Å². The van der Waals surface area contributed by atoms with E-state index in [-0.39, 0.29) is 17.6 Å². The zero-order chi connectivity index (χ0) is 11.0. The molecular weight excluding hydrogens is 184 g/mol. The van der Waals surface area contributed by atoms with E-state index in [9.17, 15) is 14.4 Å². The number of allylic oxidation sites excluding steroid dienone is 1. The Morgan fingerprint density at radius 3 is 2.07 bits per heavy atom. The molecule has 0 saturated heterocycles. The van der Waals surface area contributed by atoms with Crippen molar-refractivity contribution in [2.24, 2.45) is 0 Å². The van der Waals surface area contributed by atoms with Crippen LogP contribution >= 0.6 is 0 Å². The van der Waals surface area contributed by atoms with E-state index in [4.69, 9.17) is 0 Å². The smallest absolute Gasteiger partial charge is 0.244 e. The summed E-state index contributed by atoms with van der Waals surface area (Å²) in [7, 11) is 0. The maximum Gasteiger partial charge on any atom is 0.244 e. The molecule has 0 unspecified atom stereocenters. The number of rotatable bonds is 5. The van der Waals surface area contributed by atoms with Crippen LogP contribution in [0.1, 0.15) is 13.8 Å². The van der Waals surface area contributed by atoms with Gasteiger partial charge in [-0.15, -0.1) is 0 Å². The van der Waals surface area contributed by atoms with Crippen LogP contribution in [0.3, 0.4) is 0 Å². The number of hydrogen-bond donors (Lipinski definition) is 2. The summed E-state index contributed by atoms with van der Waals surface area (Å²) in [5.41, 5.74) is 0. The van der Waals surface area contributed by atoms with E-state index < -0.39 is 0 Å². The van der Waals surface area contributed by atoms with Crippen LogP contribution in [0.5, 0.6) is 0 Å². The zero-order valence-electron chi connectivity index (χ0n) is 8.29. The monoisotopic (exact) mass is 198 g/mol. The molecule has 0 aliphatic heterocycles. The first kappa shape index (κ1) is 12.3. The lowest BCUT2D eigenvalue weighted by molar-refractivity contribution is -0.119. The summed E-state index contributed by atoms with van der Waals surface area (Å²) in [4.78, 5) is 31.8. The van der Waals surface area contributed by atoms with Gasteiger partial charge < -0.3 is 10.6 Å². The van der Waals surface area contributed by atoms with Crippen LogP contribution in [0.4, 0.5) is 0 Å². The third-order valence-electron chi connectivity index (χ3n) is 1.27. The number of amides is 2. The second-order valence-corrected chi connectivity index (χ2v) is 2.72. The summed E-state index contributed by atoms with van der Waals surface area (Å²) < 4.78 is 0. The minimum absolute atomic E-state index is 0.140. The van der Waals surface area contributed by atoms with Crippen LogP contribution in [-0.4, -0.2) is 30.7 Å². The van der Waals surface area contributed by atoms with Gasteiger partial charge in [0.25, 0.3) is 0 Å². The SMILES string of the molecule is CC(=O)C=CC(=O)NCCNC(C)=O. The van der Waals surface area contributed by atoms with Crippen LogP contribution in [0.15, 0.2) is 12.2 Å². The first-order valence-electron chi connectivity index (χ1n) is 4.23. The Morgan fingerprint density at radius 1 is 1.00 bits per heavy atom. The van der Waals surface area contributed by atoms with Crippen molar-refractivity contribution in [2.75, 3.05) is 13.1 Å². The molecule has 0 radical (unpaired) electrons. The van der Waals surface area contributed by atoms with Crippen LogP contribution in [-0.2, 0) is 14.4 Å². The van der Waals surface area contributed by atoms with E-state index in [1.807, 2.05) is 0 Å². The van der Waals surface area contributed by atoms with E-state index in [0.717, 1.165) is 6.08 Å². The van der Waals surface area contributed by atoms with Crippen LogP contribution in [0.2, 0.25) is 0 Å². The second kappa shape index (κ2) is 6.82. The highest BCUT2D eigenvalue weighted by atomic mass is 16.2. The Kier molecular flexibility index (Phi) is 6.02. The standard InChI is InChI=1S/C9H14N2O3/c1-7(12)3-4-9(14)11-6-5-10-8(2)13/h3-4H,5-6H2,1-2H3,(H,10,13)(H,11,14). The molecule has 0 spiro atoms. The zero-order valence-corrected chi connectivity index (χ0v) is 8.29. The van der Waals surface area contributed by atoms with Crippen molar-refractivity contribution in [3.05, 3.63) is 12.2 Å². The van der Waals surface area contributed by atoms with Gasteiger partial charge in [0.1, 0.15) is 0 Å². The third-order valence-corrected chi connectivity index (χ3v) is 1.27. The second-order valence-electron chi connectivity index (χ2n) is 2.72. The lowest BCUT2D eigenvalue weighted by Gasteiger charge is -2.02. The summed E-state index contributed by atoms with van der Waals surface area (Å²) >= 11 is 0. The molecule has 0 saturated carbocycles. The minimum Gasteiger partial charge on any atom is -0.355 e. The van der Waals surface area contributed by atoms with Crippen molar-refractivity contribution in [1.29, 1.82) is 0 Å². The van der Waals surface area contributed by atoms with Crippen molar-refractivity contribution >= 4 is 17.6 Å². The molecule has 0 atom stereocenters. The number of nitrogens with one attached hydrogen (secondary N) is 2. The van der Waals surface area contributed by atoms with Gasteiger partial charge in [0.2, 0.25) is 11.8 Å². The van der Waals surface area contributed by atoms with Crippen molar-refractivity contribution in [3.8, 4) is 0 Å². The van der Waals surface area contributed by atoms with Gasteiger partial charge in [-0.25, -0.2) is 0 Å². The van der Waals surface area contributed by atoms with Gasteiger partial charge in [-0.3, -0.25) is 14.4 Å². The molecule has 0 aliphatic carbocycles. The molecule has 2 N–H and O–H groups in total. The summed E-state index contributed by atoms with van der Waals surface area (Å²) in [5.74, 6) is -0.661. The molecule has 0 bridgehead atoms.